The summed E-state index contributed by atoms with van der Waals surface area (Å²) in [7, 11) is 0. The molecule has 0 saturated carbocycles. The summed E-state index contributed by atoms with van der Waals surface area (Å²) < 4.78 is 2.01. The van der Waals surface area contributed by atoms with Gasteiger partial charge in [-0.15, -0.1) is 0 Å². The molecule has 0 saturated heterocycles. The summed E-state index contributed by atoms with van der Waals surface area (Å²) in [6.07, 6.45) is 3.37. The predicted octanol–water partition coefficient (Wildman–Crippen LogP) is 5.26. The van der Waals surface area contributed by atoms with Gasteiger partial charge in [-0.2, -0.15) is 10.5 Å². The van der Waals surface area contributed by atoms with Gasteiger partial charge in [0.2, 0.25) is 5.78 Å². The number of aromatic nitrogens is 1. The van der Waals surface area contributed by atoms with E-state index in [0.29, 0.717) is 17.7 Å². The zero-order valence-corrected chi connectivity index (χ0v) is 17.3. The van der Waals surface area contributed by atoms with Crippen LogP contribution in [0.1, 0.15) is 27.0 Å². The first-order valence-electron chi connectivity index (χ1n) is 9.98. The van der Waals surface area contributed by atoms with Gasteiger partial charge in [0.05, 0.1) is 16.6 Å². The molecule has 0 aliphatic rings. The first-order chi connectivity index (χ1) is 16.0. The van der Waals surface area contributed by atoms with E-state index >= 15 is 0 Å². The minimum absolute atomic E-state index is 0.0818. The molecule has 7 heteroatoms. The van der Waals surface area contributed by atoms with E-state index in [1.807, 2.05) is 53.2 Å². The van der Waals surface area contributed by atoms with Crippen molar-refractivity contribution in [1.29, 1.82) is 10.5 Å². The van der Waals surface area contributed by atoms with Crippen molar-refractivity contribution < 1.29 is 9.72 Å². The third kappa shape index (κ3) is 4.39. The minimum atomic E-state index is -0.580. The molecule has 0 N–H and O–H groups in total. The highest BCUT2D eigenvalue weighted by atomic mass is 16.6. The molecule has 0 atom stereocenters. The minimum Gasteiger partial charge on any atom is -0.342 e. The van der Waals surface area contributed by atoms with Gasteiger partial charge >= 0.3 is 0 Å². The van der Waals surface area contributed by atoms with Gasteiger partial charge in [0.15, 0.2) is 0 Å². The highest BCUT2D eigenvalue weighted by Crippen LogP contribution is 2.26. The molecule has 0 amide bonds. The molecule has 0 aliphatic carbocycles. The van der Waals surface area contributed by atoms with Crippen LogP contribution < -0.4 is 0 Å². The molecule has 1 heterocycles. The second-order valence-electron chi connectivity index (χ2n) is 7.34. The topological polar surface area (TPSA) is 113 Å². The van der Waals surface area contributed by atoms with Crippen LogP contribution in [0.5, 0.6) is 0 Å². The Hall–Kier alpha value is -5.01. The molecule has 1 aromatic heterocycles. The molecule has 0 fully saturated rings. The highest BCUT2D eigenvalue weighted by Gasteiger charge is 2.17. The van der Waals surface area contributed by atoms with Crippen molar-refractivity contribution in [2.75, 3.05) is 0 Å². The van der Waals surface area contributed by atoms with Crippen LogP contribution in [0.25, 0.3) is 17.0 Å². The number of nitro groups is 1. The Morgan fingerprint density at radius 3 is 2.48 bits per heavy atom. The molecule has 0 aliphatic heterocycles. The number of hydrogen-bond acceptors (Lipinski definition) is 5. The van der Waals surface area contributed by atoms with Gasteiger partial charge in [-0.1, -0.05) is 42.5 Å². The normalized spacial score (nSPS) is 11.0. The van der Waals surface area contributed by atoms with Crippen molar-refractivity contribution >= 4 is 28.4 Å². The fraction of sp³-hybridized carbons (Fsp3) is 0.0385. The maximum Gasteiger partial charge on any atom is 0.270 e. The fourth-order valence-electron chi connectivity index (χ4n) is 3.62. The summed E-state index contributed by atoms with van der Waals surface area (Å²) in [5.41, 5.74) is 2.95. The first kappa shape index (κ1) is 21.2. The fourth-order valence-corrected chi connectivity index (χ4v) is 3.62. The molecule has 0 radical (unpaired) electrons. The van der Waals surface area contributed by atoms with E-state index in [-0.39, 0.29) is 16.8 Å². The summed E-state index contributed by atoms with van der Waals surface area (Å²) in [5, 5.41) is 30.5. The zero-order valence-electron chi connectivity index (χ0n) is 17.3. The van der Waals surface area contributed by atoms with Crippen LogP contribution in [-0.2, 0) is 6.54 Å². The van der Waals surface area contributed by atoms with Crippen molar-refractivity contribution in [3.8, 4) is 12.1 Å². The Labute approximate surface area is 189 Å². The van der Waals surface area contributed by atoms with Crippen molar-refractivity contribution in [2.24, 2.45) is 0 Å². The largest absolute Gasteiger partial charge is 0.342 e. The first-order valence-corrected chi connectivity index (χ1v) is 9.98. The molecule has 33 heavy (non-hydrogen) atoms. The number of carbonyl (C=O) groups is 1. The lowest BCUT2D eigenvalue weighted by molar-refractivity contribution is -0.384. The average Bonchev–Trinajstić information content (AvgIpc) is 3.19. The molecule has 4 aromatic rings. The van der Waals surface area contributed by atoms with Crippen LogP contribution in [0, 0.1) is 32.8 Å². The molecule has 0 unspecified atom stereocenters. The number of non-ortho nitro benzene ring substituents is 1. The summed E-state index contributed by atoms with van der Waals surface area (Å²) >= 11 is 0. The lowest BCUT2D eigenvalue weighted by Gasteiger charge is -2.05. The molecule has 158 valence electrons. The van der Waals surface area contributed by atoms with Crippen LogP contribution >= 0.6 is 0 Å². The Morgan fingerprint density at radius 1 is 1.03 bits per heavy atom. The molecular weight excluding hydrogens is 416 g/mol. The molecular formula is C26H16N4O3. The zero-order chi connectivity index (χ0) is 23.4. The number of rotatable bonds is 6. The Morgan fingerprint density at radius 2 is 1.79 bits per heavy atom. The second kappa shape index (κ2) is 9.01. The number of fused-ring (bicyclic) bond motifs is 1. The predicted molar refractivity (Wildman–Crippen MR) is 123 cm³/mol. The van der Waals surface area contributed by atoms with Crippen LogP contribution in [0.15, 0.2) is 84.6 Å². The quantitative estimate of drug-likeness (QED) is 0.136. The Balaban J connectivity index is 1.73. The lowest BCUT2D eigenvalue weighted by atomic mass is 10.0. The van der Waals surface area contributed by atoms with Crippen LogP contribution in [0.2, 0.25) is 0 Å². The number of nitriles is 2. The van der Waals surface area contributed by atoms with E-state index in [2.05, 4.69) is 6.07 Å². The van der Waals surface area contributed by atoms with Gasteiger partial charge < -0.3 is 4.57 Å². The SMILES string of the molecule is N#C/C(=C\c1cn(Cc2ccc(C#N)cc2)c2ccccc12)C(=O)c1cccc([N+](=O)[O-])c1. The molecule has 0 bridgehead atoms. The summed E-state index contributed by atoms with van der Waals surface area (Å²) in [4.78, 5) is 23.4. The summed E-state index contributed by atoms with van der Waals surface area (Å²) in [6.45, 7) is 0.542. The molecule has 3 aromatic carbocycles. The number of para-hydroxylation sites is 1. The van der Waals surface area contributed by atoms with Crippen molar-refractivity contribution in [3.63, 3.8) is 0 Å². The van der Waals surface area contributed by atoms with Gasteiger partial charge in [-0.05, 0) is 29.8 Å². The van der Waals surface area contributed by atoms with E-state index in [1.54, 1.807) is 12.1 Å². The van der Waals surface area contributed by atoms with Crippen LogP contribution in [0.3, 0.4) is 0 Å². The smallest absolute Gasteiger partial charge is 0.270 e. The maximum atomic E-state index is 12.9. The molecule has 0 spiro atoms. The van der Waals surface area contributed by atoms with Crippen molar-refractivity contribution in [2.45, 2.75) is 6.54 Å². The molecule has 7 nitrogen and oxygen atoms in total. The number of allylic oxidation sites excluding steroid dienone is 1. The Kier molecular flexibility index (Phi) is 5.79. The molecule has 4 rings (SSSR count). The Bertz CT molecular complexity index is 1500. The number of carbonyl (C=O) groups excluding carboxylic acids is 1. The second-order valence-corrected chi connectivity index (χ2v) is 7.34. The summed E-state index contributed by atoms with van der Waals surface area (Å²) in [5.74, 6) is -0.579. The highest BCUT2D eigenvalue weighted by molar-refractivity contribution is 6.15. The number of nitrogens with zero attached hydrogens (tertiary/aromatic N) is 4. The number of hydrogen-bond donors (Lipinski definition) is 0. The number of benzene rings is 3. The number of Topliss-reactive ketones (excluding diaryl/α,β-unsaturated/α-hetero) is 1. The summed E-state index contributed by atoms with van der Waals surface area (Å²) in [6, 6.07) is 24.3. The maximum absolute atomic E-state index is 12.9. The van der Waals surface area contributed by atoms with Gasteiger partial charge in [0.25, 0.3) is 5.69 Å². The number of nitro benzene ring substituents is 1. The van der Waals surface area contributed by atoms with Crippen molar-refractivity contribution in [3.05, 3.63) is 117 Å². The van der Waals surface area contributed by atoms with E-state index in [9.17, 15) is 20.2 Å². The third-order valence-corrected chi connectivity index (χ3v) is 5.24. The monoisotopic (exact) mass is 432 g/mol. The van der Waals surface area contributed by atoms with E-state index < -0.39 is 10.7 Å². The number of ketones is 1. The van der Waals surface area contributed by atoms with Gasteiger partial charge in [-0.3, -0.25) is 14.9 Å². The van der Waals surface area contributed by atoms with Gasteiger partial charge in [0.1, 0.15) is 11.6 Å². The van der Waals surface area contributed by atoms with Gasteiger partial charge in [0, 0.05) is 46.9 Å². The van der Waals surface area contributed by atoms with Gasteiger partial charge in [-0.25, -0.2) is 0 Å². The van der Waals surface area contributed by atoms with Crippen LogP contribution in [-0.4, -0.2) is 15.3 Å². The standard InChI is InChI=1S/C26H16N4O3/c27-14-18-8-10-19(11-9-18)16-29-17-22(24-6-1-2-7-25(24)29)12-21(15-28)26(31)20-4-3-5-23(13-20)30(32)33/h1-13,17H,16H2/b21-12+. The van der Waals surface area contributed by atoms with Crippen molar-refractivity contribution in [1.82, 2.24) is 4.57 Å². The van der Waals surface area contributed by atoms with E-state index in [1.165, 1.54) is 30.3 Å². The van der Waals surface area contributed by atoms with E-state index in [0.717, 1.165) is 16.5 Å². The average molecular weight is 432 g/mol. The third-order valence-electron chi connectivity index (χ3n) is 5.24. The lowest BCUT2D eigenvalue weighted by Crippen LogP contribution is -2.02. The van der Waals surface area contributed by atoms with E-state index in [4.69, 9.17) is 5.26 Å². The van der Waals surface area contributed by atoms with Crippen LogP contribution in [0.4, 0.5) is 5.69 Å².